The summed E-state index contributed by atoms with van der Waals surface area (Å²) in [4.78, 5) is 28.4. The van der Waals surface area contributed by atoms with Crippen molar-refractivity contribution in [1.82, 2.24) is 9.80 Å². The number of carbonyl (C=O) groups excluding carboxylic acids is 2. The van der Waals surface area contributed by atoms with Crippen molar-refractivity contribution >= 4 is 48.4 Å². The Balaban J connectivity index is 1.98. The molecule has 4 rings (SSSR count). The Morgan fingerprint density at radius 3 is 2.52 bits per heavy atom. The second kappa shape index (κ2) is 4.93. The van der Waals surface area contributed by atoms with Gasteiger partial charge in [-0.05, 0) is 60.1 Å². The van der Waals surface area contributed by atoms with Crippen LogP contribution in [0.5, 0.6) is 0 Å². The predicted octanol–water partition coefficient (Wildman–Crippen LogP) is 3.04. The lowest BCUT2D eigenvalue weighted by molar-refractivity contribution is -0.159. The molecule has 4 nitrogen and oxygen atoms in total. The summed E-state index contributed by atoms with van der Waals surface area (Å²) in [6.45, 7) is 8.20. The number of rotatable bonds is 1. The van der Waals surface area contributed by atoms with E-state index < -0.39 is 19.2 Å². The van der Waals surface area contributed by atoms with E-state index in [-0.39, 0.29) is 23.3 Å². The Bertz CT molecular complexity index is 871. The van der Waals surface area contributed by atoms with Crippen molar-refractivity contribution in [2.75, 3.05) is 7.05 Å². The van der Waals surface area contributed by atoms with Crippen molar-refractivity contribution in [3.63, 3.8) is 0 Å². The maximum atomic E-state index is 13.5. The zero-order valence-electron chi connectivity index (χ0n) is 14.9. The molecule has 3 saturated heterocycles. The Morgan fingerprint density at radius 1 is 1.24 bits per heavy atom. The van der Waals surface area contributed by atoms with E-state index >= 15 is 0 Å². The molecule has 1 aromatic rings. The van der Waals surface area contributed by atoms with Crippen LogP contribution >= 0.6 is 15.9 Å². The second-order valence-corrected chi connectivity index (χ2v) is 12.1. The molecule has 25 heavy (non-hydrogen) atoms. The highest BCUT2D eigenvalue weighted by atomic mass is 79.9. The van der Waals surface area contributed by atoms with Crippen LogP contribution in [0.15, 0.2) is 22.7 Å². The van der Waals surface area contributed by atoms with Crippen LogP contribution in [-0.2, 0) is 30.2 Å². The monoisotopic (exact) mass is 440 g/mol. The number of piperazine rings is 1. The first-order valence-corrected chi connectivity index (χ1v) is 11.2. The number of halogens is 1. The van der Waals surface area contributed by atoms with Crippen LogP contribution in [0, 0.1) is 12.3 Å². The highest BCUT2D eigenvalue weighted by Gasteiger charge is 2.79. The summed E-state index contributed by atoms with van der Waals surface area (Å²) >= 11 is 9.40. The summed E-state index contributed by atoms with van der Waals surface area (Å²) in [5.74, 6) is 0.0130. The summed E-state index contributed by atoms with van der Waals surface area (Å²) in [6, 6.07) is 6.00. The van der Waals surface area contributed by atoms with Gasteiger partial charge in [0.05, 0.1) is 6.04 Å². The summed E-state index contributed by atoms with van der Waals surface area (Å²) in [7, 11) is 0.964. The molecular formula is C18H21BrN2O2S2. The van der Waals surface area contributed by atoms with Crippen molar-refractivity contribution in [3.05, 3.63) is 33.8 Å². The molecule has 0 saturated carbocycles. The number of benzene rings is 1. The fourth-order valence-corrected chi connectivity index (χ4v) is 8.84. The molecule has 134 valence electrons. The zero-order valence-corrected chi connectivity index (χ0v) is 18.1. The maximum absolute atomic E-state index is 13.5. The van der Waals surface area contributed by atoms with Crippen LogP contribution in [0.25, 0.3) is 0 Å². The minimum absolute atomic E-state index is 0.00267. The minimum Gasteiger partial charge on any atom is -0.320 e. The van der Waals surface area contributed by atoms with Gasteiger partial charge in [-0.25, -0.2) is 0 Å². The topological polar surface area (TPSA) is 40.6 Å². The molecular weight excluding hydrogens is 420 g/mol. The molecule has 2 bridgehead atoms. The average molecular weight is 441 g/mol. The van der Waals surface area contributed by atoms with E-state index in [2.05, 4.69) is 48.8 Å². The highest BCUT2D eigenvalue weighted by Crippen LogP contribution is 2.65. The third kappa shape index (κ3) is 1.80. The molecule has 2 amide bonds. The van der Waals surface area contributed by atoms with Crippen LogP contribution < -0.4 is 0 Å². The van der Waals surface area contributed by atoms with Crippen molar-refractivity contribution in [1.29, 1.82) is 0 Å². The number of hydrogen-bond acceptors (Lipinski definition) is 3. The summed E-state index contributed by atoms with van der Waals surface area (Å²) in [5, 5.41) is 0. The Labute approximate surface area is 163 Å². The smallest absolute Gasteiger partial charge is 0.261 e. The lowest BCUT2D eigenvalue weighted by Gasteiger charge is -2.40. The van der Waals surface area contributed by atoms with E-state index in [1.54, 1.807) is 11.9 Å². The molecule has 1 aromatic carbocycles. The first-order chi connectivity index (χ1) is 11.5. The van der Waals surface area contributed by atoms with E-state index in [0.717, 1.165) is 15.6 Å². The number of hydrogen-bond donors (Lipinski definition) is 0. The maximum Gasteiger partial charge on any atom is 0.261 e. The summed E-state index contributed by atoms with van der Waals surface area (Å²) < 4.78 is 0.980. The van der Waals surface area contributed by atoms with Crippen molar-refractivity contribution in [2.45, 2.75) is 49.9 Å². The van der Waals surface area contributed by atoms with E-state index in [1.165, 1.54) is 0 Å². The first-order valence-electron chi connectivity index (χ1n) is 8.29. The number of fused-ring (bicyclic) bond motifs is 1. The van der Waals surface area contributed by atoms with Gasteiger partial charge in [-0.1, -0.05) is 45.3 Å². The molecule has 0 aliphatic carbocycles. The third-order valence-corrected chi connectivity index (χ3v) is 10.8. The molecule has 0 aromatic heterocycles. The molecule has 3 unspecified atom stereocenters. The zero-order chi connectivity index (χ0) is 18.5. The minimum atomic E-state index is -0.888. The number of amides is 2. The lowest BCUT2D eigenvalue weighted by atomic mass is 9.79. The largest absolute Gasteiger partial charge is 0.320 e. The number of aryl methyl sites for hydroxylation is 1. The van der Waals surface area contributed by atoms with Crippen LogP contribution in [0.1, 0.15) is 44.4 Å². The fourth-order valence-electron chi connectivity index (χ4n) is 4.87. The quantitative estimate of drug-likeness (QED) is 0.673. The fraction of sp³-hybridized carbons (Fsp3) is 0.556. The number of likely N-dealkylation sites (N-methyl/N-ethyl adjacent to an activating group) is 1. The molecule has 3 heterocycles. The third-order valence-electron chi connectivity index (χ3n) is 6.18. The normalized spacial score (nSPS) is 38.6. The molecule has 1 spiro atoms. The number of nitrogens with zero attached hydrogens (tertiary/aromatic N) is 2. The van der Waals surface area contributed by atoms with Gasteiger partial charge >= 0.3 is 0 Å². The van der Waals surface area contributed by atoms with Crippen LogP contribution in [0.4, 0.5) is 0 Å². The van der Waals surface area contributed by atoms with Gasteiger partial charge in [-0.2, -0.15) is 0 Å². The Morgan fingerprint density at radius 2 is 1.88 bits per heavy atom. The summed E-state index contributed by atoms with van der Waals surface area (Å²) in [5.41, 5.74) is 2.00. The van der Waals surface area contributed by atoms with E-state index in [1.807, 2.05) is 17.9 Å². The standard InChI is InChI=1S/C18H21BrN2O2S2/c1-10-6-7-11(19)8-12(10)13-16(2,3)9-18-15(23)20(5)17(4,25(18)24)14(22)21(13)18/h6-8,13H,9H2,1-5H3/t13-,17?,18?,25?/m0/s1. The van der Waals surface area contributed by atoms with Gasteiger partial charge in [-0.3, -0.25) is 9.59 Å². The lowest BCUT2D eigenvalue weighted by Crippen LogP contribution is -2.60. The summed E-state index contributed by atoms with van der Waals surface area (Å²) in [6.07, 6.45) is 0.619. The SMILES string of the molecule is Cc1ccc(Br)cc1[C@@H]1N2C(=O)C3(C)N(C)C(=O)C2(CC1(C)C)S3=S. The van der Waals surface area contributed by atoms with Gasteiger partial charge in [0.2, 0.25) is 0 Å². The van der Waals surface area contributed by atoms with Gasteiger partial charge in [0, 0.05) is 11.5 Å². The molecule has 4 atom stereocenters. The van der Waals surface area contributed by atoms with Crippen molar-refractivity contribution in [2.24, 2.45) is 5.41 Å². The molecule has 7 heteroatoms. The van der Waals surface area contributed by atoms with Gasteiger partial charge in [0.1, 0.15) is 0 Å². The molecule has 3 fully saturated rings. The van der Waals surface area contributed by atoms with Crippen molar-refractivity contribution in [3.8, 4) is 0 Å². The van der Waals surface area contributed by atoms with E-state index in [0.29, 0.717) is 6.42 Å². The Kier molecular flexibility index (Phi) is 3.47. The van der Waals surface area contributed by atoms with Gasteiger partial charge in [-0.15, -0.1) is 0 Å². The van der Waals surface area contributed by atoms with Crippen molar-refractivity contribution < 1.29 is 9.59 Å². The van der Waals surface area contributed by atoms with E-state index in [9.17, 15) is 9.59 Å². The van der Waals surface area contributed by atoms with Crippen LogP contribution in [0.3, 0.4) is 0 Å². The van der Waals surface area contributed by atoms with Gasteiger partial charge in [0.15, 0.2) is 9.74 Å². The Hall–Kier alpha value is -0.790. The molecule has 3 aliphatic heterocycles. The molecule has 3 aliphatic rings. The van der Waals surface area contributed by atoms with Crippen LogP contribution in [0.2, 0.25) is 0 Å². The molecule has 0 N–H and O–H groups in total. The van der Waals surface area contributed by atoms with E-state index in [4.69, 9.17) is 11.2 Å². The second-order valence-electron chi connectivity index (χ2n) is 8.14. The first kappa shape index (κ1) is 17.6. The van der Waals surface area contributed by atoms with Gasteiger partial charge in [0.25, 0.3) is 11.8 Å². The van der Waals surface area contributed by atoms with Crippen LogP contribution in [-0.4, -0.2) is 38.4 Å². The highest BCUT2D eigenvalue weighted by molar-refractivity contribution is 9.10. The van der Waals surface area contributed by atoms with Gasteiger partial charge < -0.3 is 9.80 Å². The average Bonchev–Trinajstić information content (AvgIpc) is 2.94. The number of carbonyl (C=O) groups is 2. The predicted molar refractivity (Wildman–Crippen MR) is 106 cm³/mol. The molecule has 0 radical (unpaired) electrons.